The second-order valence-electron chi connectivity index (χ2n) is 8.91. The van der Waals surface area contributed by atoms with E-state index in [1.165, 1.54) is 0 Å². The summed E-state index contributed by atoms with van der Waals surface area (Å²) in [4.78, 5) is 30.7. The molecule has 0 aliphatic heterocycles. The molecule has 7 nitrogen and oxygen atoms in total. The summed E-state index contributed by atoms with van der Waals surface area (Å²) in [7, 11) is 0. The summed E-state index contributed by atoms with van der Waals surface area (Å²) in [5, 5.41) is 11.1. The Morgan fingerprint density at radius 2 is 1.54 bits per heavy atom. The first-order chi connectivity index (χ1) is 19.0. The van der Waals surface area contributed by atoms with E-state index in [-0.39, 0.29) is 18.1 Å². The predicted molar refractivity (Wildman–Crippen MR) is 157 cm³/mol. The van der Waals surface area contributed by atoms with Crippen molar-refractivity contribution < 1.29 is 9.59 Å². The maximum Gasteiger partial charge on any atom is 0.227 e. The van der Waals surface area contributed by atoms with Gasteiger partial charge in [0.1, 0.15) is 5.82 Å². The average molecular weight is 603 g/mol. The molecule has 39 heavy (non-hydrogen) atoms. The molecule has 0 saturated heterocycles. The van der Waals surface area contributed by atoms with Gasteiger partial charge in [-0.3, -0.25) is 9.59 Å². The molecule has 5 rings (SSSR count). The monoisotopic (exact) mass is 601 g/mol. The Balaban J connectivity index is 1.24. The number of carbonyl (C=O) groups excluding carboxylic acids is 2. The molecule has 5 aromatic rings. The summed E-state index contributed by atoms with van der Waals surface area (Å²) < 4.78 is 2.43. The number of anilines is 1. The first kappa shape index (κ1) is 26.6. The number of Topliss-reactive ketones (excluding diaryl/α,β-unsaturated/α-hetero) is 1. The second-order valence-corrected chi connectivity index (χ2v) is 10.2. The van der Waals surface area contributed by atoms with Crippen LogP contribution < -0.4 is 10.6 Å². The largest absolute Gasteiger partial charge is 0.368 e. The van der Waals surface area contributed by atoms with Gasteiger partial charge in [0.15, 0.2) is 11.4 Å². The zero-order valence-corrected chi connectivity index (χ0v) is 23.2. The standard InChI is InChI=1S/C30H25BrClN5O2/c31-23-19-35-37-27(17-25(36-30(23)37)22-13-7-8-14-24(22)32)33-15-16-34-28(39)18-26(38)29(20-9-3-1-4-10-20)21-11-5-2-6-12-21/h1-14,17,19,29,33H,15-16,18H2,(H,34,39). The van der Waals surface area contributed by atoms with Crippen molar-refractivity contribution in [2.24, 2.45) is 0 Å². The molecule has 9 heteroatoms. The minimum absolute atomic E-state index is 0.153. The van der Waals surface area contributed by atoms with Gasteiger partial charge in [-0.25, -0.2) is 4.98 Å². The van der Waals surface area contributed by atoms with E-state index in [1.54, 1.807) is 10.7 Å². The normalized spacial score (nSPS) is 11.1. The SMILES string of the molecule is O=C(CC(=O)C(c1ccccc1)c1ccccc1)NCCNc1cc(-c2ccccc2Cl)nc2c(Br)cnn12. The van der Waals surface area contributed by atoms with Crippen LogP contribution in [0.4, 0.5) is 5.82 Å². The molecule has 2 aromatic heterocycles. The minimum atomic E-state index is -0.497. The van der Waals surface area contributed by atoms with Crippen LogP contribution in [0.25, 0.3) is 16.9 Å². The number of amides is 1. The van der Waals surface area contributed by atoms with Gasteiger partial charge >= 0.3 is 0 Å². The molecule has 2 heterocycles. The van der Waals surface area contributed by atoms with Crippen LogP contribution in [0.2, 0.25) is 5.02 Å². The number of carbonyl (C=O) groups is 2. The number of nitrogens with zero attached hydrogens (tertiary/aromatic N) is 3. The fourth-order valence-electron chi connectivity index (χ4n) is 4.44. The van der Waals surface area contributed by atoms with Crippen LogP contribution in [-0.2, 0) is 9.59 Å². The molecule has 0 radical (unpaired) electrons. The van der Waals surface area contributed by atoms with Crippen LogP contribution >= 0.6 is 27.5 Å². The molecule has 1 amide bonds. The van der Waals surface area contributed by atoms with Gasteiger partial charge in [-0.15, -0.1) is 0 Å². The third-order valence-electron chi connectivity index (χ3n) is 6.25. The van der Waals surface area contributed by atoms with E-state index in [9.17, 15) is 9.59 Å². The van der Waals surface area contributed by atoms with Gasteiger partial charge in [-0.1, -0.05) is 90.5 Å². The van der Waals surface area contributed by atoms with Crippen molar-refractivity contribution in [2.75, 3.05) is 18.4 Å². The molecule has 3 aromatic carbocycles. The molecule has 0 saturated carbocycles. The molecule has 0 fully saturated rings. The van der Waals surface area contributed by atoms with Crippen molar-refractivity contribution in [2.45, 2.75) is 12.3 Å². The molecule has 0 spiro atoms. The van der Waals surface area contributed by atoms with E-state index in [0.717, 1.165) is 21.2 Å². The second kappa shape index (κ2) is 12.2. The Labute approximate surface area is 239 Å². The van der Waals surface area contributed by atoms with Crippen LogP contribution in [0, 0.1) is 0 Å². The summed E-state index contributed by atoms with van der Waals surface area (Å²) >= 11 is 9.91. The van der Waals surface area contributed by atoms with E-state index in [0.29, 0.717) is 35.3 Å². The zero-order valence-electron chi connectivity index (χ0n) is 20.9. The molecule has 0 atom stereocenters. The fraction of sp³-hybridized carbons (Fsp3) is 0.133. The lowest BCUT2D eigenvalue weighted by Crippen LogP contribution is -2.32. The summed E-state index contributed by atoms with van der Waals surface area (Å²) in [5.41, 5.74) is 3.86. The van der Waals surface area contributed by atoms with Gasteiger partial charge in [0.05, 0.1) is 28.7 Å². The highest BCUT2D eigenvalue weighted by molar-refractivity contribution is 9.10. The summed E-state index contributed by atoms with van der Waals surface area (Å²) in [6, 6.07) is 28.4. The van der Waals surface area contributed by atoms with E-state index in [1.807, 2.05) is 91.0 Å². The molecular formula is C30H25BrClN5O2. The third-order valence-corrected chi connectivity index (χ3v) is 7.14. The minimum Gasteiger partial charge on any atom is -0.368 e. The lowest BCUT2D eigenvalue weighted by molar-refractivity contribution is -0.128. The van der Waals surface area contributed by atoms with Crippen LogP contribution in [0.1, 0.15) is 23.5 Å². The number of rotatable bonds is 10. The number of halogens is 2. The highest BCUT2D eigenvalue weighted by Gasteiger charge is 2.24. The Bertz CT molecular complexity index is 1570. The van der Waals surface area contributed by atoms with E-state index >= 15 is 0 Å². The number of nitrogens with one attached hydrogen (secondary N) is 2. The Hall–Kier alpha value is -4.01. The highest BCUT2D eigenvalue weighted by atomic mass is 79.9. The number of fused-ring (bicyclic) bond motifs is 1. The molecule has 0 aliphatic rings. The van der Waals surface area contributed by atoms with Gasteiger partial charge in [0.2, 0.25) is 5.91 Å². The van der Waals surface area contributed by atoms with Crippen molar-refractivity contribution in [1.29, 1.82) is 0 Å². The third kappa shape index (κ3) is 6.19. The number of hydrogen-bond donors (Lipinski definition) is 2. The van der Waals surface area contributed by atoms with Crippen molar-refractivity contribution >= 4 is 50.7 Å². The lowest BCUT2D eigenvalue weighted by Gasteiger charge is -2.17. The first-order valence-corrected chi connectivity index (χ1v) is 13.6. The van der Waals surface area contributed by atoms with Crippen LogP contribution in [0.3, 0.4) is 0 Å². The van der Waals surface area contributed by atoms with Crippen molar-refractivity contribution in [3.05, 3.63) is 118 Å². The maximum absolute atomic E-state index is 13.2. The number of hydrogen-bond acceptors (Lipinski definition) is 5. The van der Waals surface area contributed by atoms with Crippen LogP contribution in [0.15, 0.2) is 102 Å². The highest BCUT2D eigenvalue weighted by Crippen LogP contribution is 2.30. The van der Waals surface area contributed by atoms with Crippen molar-refractivity contribution in [3.8, 4) is 11.3 Å². The van der Waals surface area contributed by atoms with E-state index in [2.05, 4.69) is 31.7 Å². The number of aromatic nitrogens is 3. The van der Waals surface area contributed by atoms with Crippen molar-refractivity contribution in [3.63, 3.8) is 0 Å². The van der Waals surface area contributed by atoms with Gasteiger partial charge in [-0.05, 0) is 33.1 Å². The van der Waals surface area contributed by atoms with E-state index in [4.69, 9.17) is 16.6 Å². The number of ketones is 1. The quantitative estimate of drug-likeness (QED) is 0.148. The topological polar surface area (TPSA) is 88.4 Å². The molecule has 0 unspecified atom stereocenters. The van der Waals surface area contributed by atoms with Crippen LogP contribution in [-0.4, -0.2) is 39.4 Å². The van der Waals surface area contributed by atoms with Crippen LogP contribution in [0.5, 0.6) is 0 Å². The predicted octanol–water partition coefficient (Wildman–Crippen LogP) is 6.13. The maximum atomic E-state index is 13.2. The smallest absolute Gasteiger partial charge is 0.227 e. The van der Waals surface area contributed by atoms with Crippen molar-refractivity contribution in [1.82, 2.24) is 19.9 Å². The zero-order chi connectivity index (χ0) is 27.2. The molecule has 0 aliphatic carbocycles. The Morgan fingerprint density at radius 3 is 2.21 bits per heavy atom. The number of benzene rings is 3. The van der Waals surface area contributed by atoms with Gasteiger partial charge < -0.3 is 10.6 Å². The average Bonchev–Trinajstić information content (AvgIpc) is 3.33. The Morgan fingerprint density at radius 1 is 0.897 bits per heavy atom. The molecule has 0 bridgehead atoms. The molecular weight excluding hydrogens is 578 g/mol. The van der Waals surface area contributed by atoms with E-state index < -0.39 is 5.92 Å². The fourth-order valence-corrected chi connectivity index (χ4v) is 5.02. The van der Waals surface area contributed by atoms with Gasteiger partial charge in [-0.2, -0.15) is 9.61 Å². The Kier molecular flexibility index (Phi) is 8.34. The molecule has 196 valence electrons. The summed E-state index contributed by atoms with van der Waals surface area (Å²) in [6.45, 7) is 0.737. The van der Waals surface area contributed by atoms with Gasteiger partial charge in [0.25, 0.3) is 0 Å². The first-order valence-electron chi connectivity index (χ1n) is 12.4. The van der Waals surface area contributed by atoms with Gasteiger partial charge in [0, 0.05) is 29.7 Å². The molecule has 2 N–H and O–H groups in total. The summed E-state index contributed by atoms with van der Waals surface area (Å²) in [6.07, 6.45) is 1.46. The lowest BCUT2D eigenvalue weighted by atomic mass is 9.86. The summed E-state index contributed by atoms with van der Waals surface area (Å²) in [5.74, 6) is -0.279.